The van der Waals surface area contributed by atoms with Crippen LogP contribution in [0.5, 0.6) is 5.75 Å². The van der Waals surface area contributed by atoms with E-state index in [1.807, 2.05) is 24.3 Å². The Morgan fingerprint density at radius 1 is 1.18 bits per heavy atom. The molecule has 0 saturated carbocycles. The van der Waals surface area contributed by atoms with Gasteiger partial charge in [0.1, 0.15) is 23.5 Å². The lowest BCUT2D eigenvalue weighted by Crippen LogP contribution is -2.02. The van der Waals surface area contributed by atoms with Crippen molar-refractivity contribution < 1.29 is 14.2 Å². The van der Waals surface area contributed by atoms with Crippen LogP contribution in [-0.2, 0) is 0 Å². The highest BCUT2D eigenvalue weighted by atomic mass is 19.1. The molecular formula is C17H15FN2O2. The zero-order chi connectivity index (χ0) is 15.5. The van der Waals surface area contributed by atoms with Crippen molar-refractivity contribution >= 4 is 0 Å². The summed E-state index contributed by atoms with van der Waals surface area (Å²) in [5.41, 5.74) is 2.01. The Morgan fingerprint density at radius 3 is 2.77 bits per heavy atom. The molecule has 112 valence electrons. The fourth-order valence-corrected chi connectivity index (χ4v) is 2.31. The Hall–Kier alpha value is -2.66. The van der Waals surface area contributed by atoms with Crippen LogP contribution in [0.4, 0.5) is 4.39 Å². The maximum Gasteiger partial charge on any atom is 0.140 e. The number of nitrogens with zero attached hydrogens (tertiary/aromatic N) is 1. The first-order valence-corrected chi connectivity index (χ1v) is 6.81. The normalized spacial score (nSPS) is 12.1. The lowest BCUT2D eigenvalue weighted by Gasteiger charge is -2.09. The van der Waals surface area contributed by atoms with Crippen LogP contribution in [0, 0.1) is 5.82 Å². The quantitative estimate of drug-likeness (QED) is 0.777. The number of aliphatic hydroxyl groups is 1. The van der Waals surface area contributed by atoms with Gasteiger partial charge in [-0.1, -0.05) is 24.3 Å². The van der Waals surface area contributed by atoms with E-state index in [2.05, 4.69) is 9.97 Å². The fraction of sp³-hybridized carbons (Fsp3) is 0.118. The zero-order valence-electron chi connectivity index (χ0n) is 12.0. The average Bonchev–Trinajstić information content (AvgIpc) is 3.04. The van der Waals surface area contributed by atoms with Gasteiger partial charge >= 0.3 is 0 Å². The summed E-state index contributed by atoms with van der Waals surface area (Å²) >= 11 is 0. The van der Waals surface area contributed by atoms with Crippen LogP contribution < -0.4 is 4.74 Å². The predicted molar refractivity (Wildman–Crippen MR) is 81.0 cm³/mol. The molecule has 1 unspecified atom stereocenters. The molecule has 0 amide bonds. The fourth-order valence-electron chi connectivity index (χ4n) is 2.31. The van der Waals surface area contributed by atoms with Crippen molar-refractivity contribution in [3.8, 4) is 17.0 Å². The number of aliphatic hydroxyl groups excluding tert-OH is 1. The van der Waals surface area contributed by atoms with Crippen molar-refractivity contribution in [3.63, 3.8) is 0 Å². The molecule has 1 heterocycles. The Labute approximate surface area is 127 Å². The Balaban J connectivity index is 1.94. The van der Waals surface area contributed by atoms with Crippen molar-refractivity contribution in [3.05, 3.63) is 71.9 Å². The standard InChI is InChI=1S/C17H15FN2O2/c1-22-15-8-3-2-7-13(15)14-10-19-17(20-14)16(21)11-5-4-6-12(18)9-11/h2-10,16,21H,1H3,(H,19,20). The van der Waals surface area contributed by atoms with Crippen LogP contribution in [0.1, 0.15) is 17.5 Å². The number of aromatic amines is 1. The second-order valence-electron chi connectivity index (χ2n) is 4.84. The van der Waals surface area contributed by atoms with Gasteiger partial charge in [0, 0.05) is 5.56 Å². The first-order valence-electron chi connectivity index (χ1n) is 6.81. The first-order chi connectivity index (χ1) is 10.7. The van der Waals surface area contributed by atoms with Crippen molar-refractivity contribution in [2.45, 2.75) is 6.10 Å². The Kier molecular flexibility index (Phi) is 3.89. The average molecular weight is 298 g/mol. The minimum atomic E-state index is -1.01. The molecule has 0 saturated heterocycles. The van der Waals surface area contributed by atoms with Gasteiger partial charge in [-0.25, -0.2) is 9.37 Å². The molecule has 0 aliphatic rings. The number of H-pyrrole nitrogens is 1. The van der Waals surface area contributed by atoms with E-state index in [4.69, 9.17) is 4.74 Å². The second-order valence-corrected chi connectivity index (χ2v) is 4.84. The van der Waals surface area contributed by atoms with E-state index in [0.717, 1.165) is 11.3 Å². The van der Waals surface area contributed by atoms with Crippen LogP contribution in [0.3, 0.4) is 0 Å². The number of aromatic nitrogens is 2. The molecule has 0 bridgehead atoms. The van der Waals surface area contributed by atoms with Crippen LogP contribution in [0.2, 0.25) is 0 Å². The summed E-state index contributed by atoms with van der Waals surface area (Å²) in [6.45, 7) is 0. The smallest absolute Gasteiger partial charge is 0.140 e. The highest BCUT2D eigenvalue weighted by molar-refractivity contribution is 5.66. The molecule has 22 heavy (non-hydrogen) atoms. The second kappa shape index (κ2) is 5.99. The van der Waals surface area contributed by atoms with Crippen LogP contribution in [0.25, 0.3) is 11.3 Å². The Morgan fingerprint density at radius 2 is 2.00 bits per heavy atom. The number of ether oxygens (including phenoxy) is 1. The topological polar surface area (TPSA) is 58.1 Å². The van der Waals surface area contributed by atoms with Gasteiger partial charge in [0.25, 0.3) is 0 Å². The molecule has 0 spiro atoms. The van der Waals surface area contributed by atoms with Crippen molar-refractivity contribution in [1.82, 2.24) is 9.97 Å². The van der Waals surface area contributed by atoms with E-state index >= 15 is 0 Å². The molecule has 2 aromatic carbocycles. The molecular weight excluding hydrogens is 283 g/mol. The van der Waals surface area contributed by atoms with E-state index in [1.54, 1.807) is 25.4 Å². The number of benzene rings is 2. The van der Waals surface area contributed by atoms with Gasteiger partial charge in [-0.3, -0.25) is 0 Å². The maximum absolute atomic E-state index is 13.3. The highest BCUT2D eigenvalue weighted by Crippen LogP contribution is 2.29. The molecule has 3 aromatic rings. The third-order valence-corrected chi connectivity index (χ3v) is 3.42. The van der Waals surface area contributed by atoms with Crippen LogP contribution in [0.15, 0.2) is 54.7 Å². The molecule has 1 atom stereocenters. The van der Waals surface area contributed by atoms with Gasteiger partial charge in [0.15, 0.2) is 0 Å². The van der Waals surface area contributed by atoms with Crippen molar-refractivity contribution in [2.24, 2.45) is 0 Å². The predicted octanol–water partition coefficient (Wildman–Crippen LogP) is 3.31. The largest absolute Gasteiger partial charge is 0.496 e. The maximum atomic E-state index is 13.3. The van der Waals surface area contributed by atoms with Gasteiger partial charge in [-0.05, 0) is 29.8 Å². The van der Waals surface area contributed by atoms with Gasteiger partial charge in [0.05, 0.1) is 19.0 Å². The Bertz CT molecular complexity index is 786. The van der Waals surface area contributed by atoms with E-state index in [1.165, 1.54) is 12.1 Å². The van der Waals surface area contributed by atoms with E-state index in [-0.39, 0.29) is 0 Å². The SMILES string of the molecule is COc1ccccc1-c1cnc(C(O)c2cccc(F)c2)[nH]1. The van der Waals surface area contributed by atoms with Gasteiger partial charge < -0.3 is 14.8 Å². The van der Waals surface area contributed by atoms with Crippen LogP contribution in [-0.4, -0.2) is 22.2 Å². The molecule has 0 radical (unpaired) electrons. The number of rotatable bonds is 4. The summed E-state index contributed by atoms with van der Waals surface area (Å²) in [4.78, 5) is 7.25. The summed E-state index contributed by atoms with van der Waals surface area (Å²) in [6.07, 6.45) is 0.606. The minimum absolute atomic E-state index is 0.353. The molecule has 1 aromatic heterocycles. The van der Waals surface area contributed by atoms with E-state index < -0.39 is 11.9 Å². The molecule has 0 fully saturated rings. The summed E-state index contributed by atoms with van der Waals surface area (Å²) < 4.78 is 18.6. The first kappa shape index (κ1) is 14.3. The molecule has 3 rings (SSSR count). The summed E-state index contributed by atoms with van der Waals surface area (Å²) in [5.74, 6) is 0.664. The van der Waals surface area contributed by atoms with Crippen LogP contribution >= 0.6 is 0 Å². The third kappa shape index (κ3) is 2.71. The van der Waals surface area contributed by atoms with Gasteiger partial charge in [-0.2, -0.15) is 0 Å². The minimum Gasteiger partial charge on any atom is -0.496 e. The monoisotopic (exact) mass is 298 g/mol. The van der Waals surface area contributed by atoms with Gasteiger partial charge in [-0.15, -0.1) is 0 Å². The number of halogens is 1. The number of hydrogen-bond acceptors (Lipinski definition) is 3. The van der Waals surface area contributed by atoms with Crippen molar-refractivity contribution in [2.75, 3.05) is 7.11 Å². The molecule has 4 nitrogen and oxygen atoms in total. The summed E-state index contributed by atoms with van der Waals surface area (Å²) in [7, 11) is 1.59. The van der Waals surface area contributed by atoms with E-state index in [0.29, 0.717) is 17.1 Å². The lowest BCUT2D eigenvalue weighted by atomic mass is 10.1. The number of hydrogen-bond donors (Lipinski definition) is 2. The molecule has 5 heteroatoms. The number of imidazole rings is 1. The summed E-state index contributed by atoms with van der Waals surface area (Å²) in [5, 5.41) is 10.3. The van der Waals surface area contributed by atoms with Crippen molar-refractivity contribution in [1.29, 1.82) is 0 Å². The molecule has 0 aliphatic carbocycles. The summed E-state index contributed by atoms with van der Waals surface area (Å²) in [6, 6.07) is 13.3. The molecule has 2 N–H and O–H groups in total. The third-order valence-electron chi connectivity index (χ3n) is 3.42. The zero-order valence-corrected chi connectivity index (χ0v) is 12.0. The number of para-hydroxylation sites is 1. The molecule has 0 aliphatic heterocycles. The number of nitrogens with one attached hydrogen (secondary N) is 1. The highest BCUT2D eigenvalue weighted by Gasteiger charge is 2.16. The number of methoxy groups -OCH3 is 1. The van der Waals surface area contributed by atoms with E-state index in [9.17, 15) is 9.50 Å². The van der Waals surface area contributed by atoms with Gasteiger partial charge in [0.2, 0.25) is 0 Å². The lowest BCUT2D eigenvalue weighted by molar-refractivity contribution is 0.210.